The summed E-state index contributed by atoms with van der Waals surface area (Å²) in [5, 5.41) is 34.6. The van der Waals surface area contributed by atoms with Gasteiger partial charge in [-0.1, -0.05) is 30.3 Å². The Morgan fingerprint density at radius 3 is 2.57 bits per heavy atom. The summed E-state index contributed by atoms with van der Waals surface area (Å²) >= 11 is 0. The normalized spacial score (nSPS) is 28.4. The van der Waals surface area contributed by atoms with Crippen LogP contribution in [-0.4, -0.2) is 77.2 Å². The van der Waals surface area contributed by atoms with Gasteiger partial charge in [-0.25, -0.2) is 0 Å². The molecule has 1 aromatic carbocycles. The zero-order valence-electron chi connectivity index (χ0n) is 15.5. The molecule has 2 amide bonds. The standard InChI is InChI=1S/C18H27N3O7/c1-10(23)20-15-17(16(25)12(8-22)28-18(15)26)27-9-14(24)21-13(19)7-11-5-3-2-4-6-11/h2-6,12-13,15-18,22,25-26H,7-9,19H2,1H3,(H,20,23)(H,21,24). The molecule has 10 heteroatoms. The van der Waals surface area contributed by atoms with E-state index in [4.69, 9.17) is 15.2 Å². The molecule has 2 rings (SSSR count). The van der Waals surface area contributed by atoms with E-state index < -0.39 is 61.8 Å². The zero-order valence-corrected chi connectivity index (χ0v) is 15.5. The average Bonchev–Trinajstić information content (AvgIpc) is 2.64. The first kappa shape index (κ1) is 22.2. The van der Waals surface area contributed by atoms with Crippen LogP contribution in [0.2, 0.25) is 0 Å². The van der Waals surface area contributed by atoms with Crippen LogP contribution in [0.1, 0.15) is 12.5 Å². The molecule has 0 aromatic heterocycles. The molecule has 0 radical (unpaired) electrons. The lowest BCUT2D eigenvalue weighted by molar-refractivity contribution is -0.261. The van der Waals surface area contributed by atoms with Gasteiger partial charge < -0.3 is 41.2 Å². The second-order valence-corrected chi connectivity index (χ2v) is 6.60. The molecule has 1 aromatic rings. The molecule has 0 saturated carbocycles. The van der Waals surface area contributed by atoms with Crippen LogP contribution in [0.4, 0.5) is 0 Å². The predicted octanol–water partition coefficient (Wildman–Crippen LogP) is -2.41. The Labute approximate surface area is 162 Å². The number of hydrogen-bond acceptors (Lipinski definition) is 8. The Bertz CT molecular complexity index is 645. The SMILES string of the molecule is CC(=O)NC1C(O)OC(CO)C(O)C1OCC(=O)NC(N)Cc1ccccc1. The van der Waals surface area contributed by atoms with Crippen molar-refractivity contribution in [2.75, 3.05) is 13.2 Å². The van der Waals surface area contributed by atoms with Crippen molar-refractivity contribution >= 4 is 11.8 Å². The second kappa shape index (κ2) is 10.5. The van der Waals surface area contributed by atoms with E-state index in [9.17, 15) is 24.9 Å². The van der Waals surface area contributed by atoms with Crippen molar-refractivity contribution < 1.29 is 34.4 Å². The van der Waals surface area contributed by atoms with Crippen LogP contribution >= 0.6 is 0 Å². The van der Waals surface area contributed by atoms with Crippen molar-refractivity contribution in [1.29, 1.82) is 0 Å². The molecule has 7 N–H and O–H groups in total. The number of amides is 2. The molecule has 156 valence electrons. The van der Waals surface area contributed by atoms with Crippen molar-refractivity contribution in [1.82, 2.24) is 10.6 Å². The van der Waals surface area contributed by atoms with Crippen LogP contribution in [0, 0.1) is 0 Å². The third-order valence-corrected chi connectivity index (χ3v) is 4.29. The first-order valence-electron chi connectivity index (χ1n) is 8.91. The number of rotatable bonds is 8. The Kier molecular flexibility index (Phi) is 8.30. The molecule has 6 unspecified atom stereocenters. The summed E-state index contributed by atoms with van der Waals surface area (Å²) < 4.78 is 10.5. The minimum atomic E-state index is -1.52. The Balaban J connectivity index is 1.92. The molecule has 0 bridgehead atoms. The largest absolute Gasteiger partial charge is 0.394 e. The van der Waals surface area contributed by atoms with E-state index in [1.807, 2.05) is 30.3 Å². The van der Waals surface area contributed by atoms with Crippen LogP contribution in [0.25, 0.3) is 0 Å². The van der Waals surface area contributed by atoms with Crippen molar-refractivity contribution in [3.05, 3.63) is 35.9 Å². The van der Waals surface area contributed by atoms with Crippen LogP contribution < -0.4 is 16.4 Å². The fraction of sp³-hybridized carbons (Fsp3) is 0.556. The lowest BCUT2D eigenvalue weighted by Crippen LogP contribution is -2.65. The number of aliphatic hydroxyl groups is 3. The van der Waals surface area contributed by atoms with Gasteiger partial charge in [0.25, 0.3) is 0 Å². The second-order valence-electron chi connectivity index (χ2n) is 6.60. The van der Waals surface area contributed by atoms with E-state index in [1.165, 1.54) is 6.92 Å². The Morgan fingerprint density at radius 2 is 1.96 bits per heavy atom. The molecule has 0 aliphatic carbocycles. The number of carbonyl (C=O) groups excluding carboxylic acids is 2. The minimum absolute atomic E-state index is 0.423. The van der Waals surface area contributed by atoms with E-state index in [0.29, 0.717) is 6.42 Å². The zero-order chi connectivity index (χ0) is 20.7. The highest BCUT2D eigenvalue weighted by Gasteiger charge is 2.45. The predicted molar refractivity (Wildman–Crippen MR) is 97.6 cm³/mol. The fourth-order valence-electron chi connectivity index (χ4n) is 3.01. The van der Waals surface area contributed by atoms with Gasteiger partial charge in [-0.2, -0.15) is 0 Å². The fourth-order valence-corrected chi connectivity index (χ4v) is 3.01. The van der Waals surface area contributed by atoms with Crippen molar-refractivity contribution in [2.24, 2.45) is 5.73 Å². The number of aliphatic hydroxyl groups excluding tert-OH is 3. The lowest BCUT2D eigenvalue weighted by Gasteiger charge is -2.42. The third kappa shape index (κ3) is 6.23. The third-order valence-electron chi connectivity index (χ3n) is 4.29. The summed E-state index contributed by atoms with van der Waals surface area (Å²) in [7, 11) is 0. The number of nitrogens with one attached hydrogen (secondary N) is 2. The first-order chi connectivity index (χ1) is 13.3. The molecule has 1 fully saturated rings. The summed E-state index contributed by atoms with van der Waals surface area (Å²) in [6.07, 6.45) is -5.38. The number of hydrogen-bond donors (Lipinski definition) is 6. The first-order valence-corrected chi connectivity index (χ1v) is 8.91. The quantitative estimate of drug-likeness (QED) is 0.264. The Morgan fingerprint density at radius 1 is 1.29 bits per heavy atom. The topological polar surface area (TPSA) is 163 Å². The minimum Gasteiger partial charge on any atom is -0.394 e. The monoisotopic (exact) mass is 397 g/mol. The number of nitrogens with two attached hydrogens (primary N) is 1. The van der Waals surface area contributed by atoms with Crippen molar-refractivity contribution in [2.45, 2.75) is 50.2 Å². The van der Waals surface area contributed by atoms with E-state index in [2.05, 4.69) is 10.6 Å². The summed E-state index contributed by atoms with van der Waals surface area (Å²) in [5.41, 5.74) is 6.87. The van der Waals surface area contributed by atoms with Gasteiger partial charge in [-0.15, -0.1) is 0 Å². The van der Waals surface area contributed by atoms with Gasteiger partial charge in [-0.3, -0.25) is 9.59 Å². The molecule has 0 spiro atoms. The summed E-state index contributed by atoms with van der Waals surface area (Å²) in [6.45, 7) is 0.188. The summed E-state index contributed by atoms with van der Waals surface area (Å²) in [6, 6.07) is 8.26. The molecule has 10 nitrogen and oxygen atoms in total. The van der Waals surface area contributed by atoms with Gasteiger partial charge in [0, 0.05) is 13.3 Å². The lowest BCUT2D eigenvalue weighted by atomic mass is 9.96. The molecule has 1 saturated heterocycles. The highest BCUT2D eigenvalue weighted by atomic mass is 16.6. The average molecular weight is 397 g/mol. The van der Waals surface area contributed by atoms with Crippen molar-refractivity contribution in [3.63, 3.8) is 0 Å². The summed E-state index contributed by atoms with van der Waals surface area (Å²) in [4.78, 5) is 23.5. The molecule has 1 aliphatic heterocycles. The smallest absolute Gasteiger partial charge is 0.247 e. The van der Waals surface area contributed by atoms with Gasteiger partial charge in [0.15, 0.2) is 6.29 Å². The number of ether oxygens (including phenoxy) is 2. The summed E-state index contributed by atoms with van der Waals surface area (Å²) in [5.74, 6) is -1.01. The van der Waals surface area contributed by atoms with E-state index in [1.54, 1.807) is 0 Å². The maximum absolute atomic E-state index is 12.1. The molecular weight excluding hydrogens is 370 g/mol. The van der Waals surface area contributed by atoms with Crippen LogP contribution in [-0.2, 0) is 25.5 Å². The number of carbonyl (C=O) groups is 2. The molecule has 1 heterocycles. The maximum atomic E-state index is 12.1. The van der Waals surface area contributed by atoms with E-state index >= 15 is 0 Å². The molecule has 1 aliphatic rings. The van der Waals surface area contributed by atoms with Gasteiger partial charge in [0.05, 0.1) is 12.8 Å². The van der Waals surface area contributed by atoms with Crippen LogP contribution in [0.5, 0.6) is 0 Å². The number of benzene rings is 1. The molecule has 6 atom stereocenters. The van der Waals surface area contributed by atoms with Gasteiger partial charge >= 0.3 is 0 Å². The van der Waals surface area contributed by atoms with E-state index in [0.717, 1.165) is 5.56 Å². The molecule has 28 heavy (non-hydrogen) atoms. The van der Waals surface area contributed by atoms with Gasteiger partial charge in [0.2, 0.25) is 11.8 Å². The highest BCUT2D eigenvalue weighted by Crippen LogP contribution is 2.22. The molecular formula is C18H27N3O7. The van der Waals surface area contributed by atoms with Gasteiger partial charge in [0.1, 0.15) is 31.0 Å². The van der Waals surface area contributed by atoms with Gasteiger partial charge in [-0.05, 0) is 5.56 Å². The van der Waals surface area contributed by atoms with Crippen LogP contribution in [0.15, 0.2) is 30.3 Å². The van der Waals surface area contributed by atoms with E-state index in [-0.39, 0.29) is 0 Å². The highest BCUT2D eigenvalue weighted by molar-refractivity contribution is 5.77. The Hall–Kier alpha value is -2.08. The van der Waals surface area contributed by atoms with Crippen LogP contribution in [0.3, 0.4) is 0 Å². The maximum Gasteiger partial charge on any atom is 0.247 e. The van der Waals surface area contributed by atoms with Crippen molar-refractivity contribution in [3.8, 4) is 0 Å².